The minimum atomic E-state index is -0.144. The van der Waals surface area contributed by atoms with Crippen LogP contribution in [0, 0.1) is 12.7 Å². The Morgan fingerprint density at radius 1 is 1.33 bits per heavy atom. The number of hydrogen-bond donors (Lipinski definition) is 0. The smallest absolute Gasteiger partial charge is 0.168 e. The maximum absolute atomic E-state index is 13.3. The topological polar surface area (TPSA) is 15.6 Å². The third-order valence-corrected chi connectivity index (χ3v) is 4.19. The van der Waals surface area contributed by atoms with Crippen LogP contribution in [0.1, 0.15) is 24.0 Å². The van der Waals surface area contributed by atoms with Crippen molar-refractivity contribution >= 4 is 22.6 Å². The van der Waals surface area contributed by atoms with Crippen molar-refractivity contribution in [2.45, 2.75) is 19.8 Å². The Balaban J connectivity index is 1.94. The molecule has 0 bridgehead atoms. The fourth-order valence-corrected chi connectivity index (χ4v) is 3.22. The summed E-state index contributed by atoms with van der Waals surface area (Å²) >= 11 is 1.67. The van der Waals surface area contributed by atoms with E-state index >= 15 is 0 Å². The summed E-state index contributed by atoms with van der Waals surface area (Å²) in [5.41, 5.74) is 2.93. The molecule has 0 unspecified atom stereocenters. The standard InChI is InChI=1S/C14H15FN2S/c1-10-8-11(4-5-12(10)15)13-9-18-14-16-6-2-3-7-17(13)14/h4-5,8-9H,2-3,6-7H2,1H3. The number of fused-ring (bicyclic) bond motifs is 1. The van der Waals surface area contributed by atoms with Crippen LogP contribution in [0.3, 0.4) is 0 Å². The molecule has 0 spiro atoms. The number of aliphatic imine (C=N–C) groups is 1. The molecule has 18 heavy (non-hydrogen) atoms. The molecular formula is C14H15FN2S. The van der Waals surface area contributed by atoms with Gasteiger partial charge < -0.3 is 4.90 Å². The molecule has 0 N–H and O–H groups in total. The zero-order valence-corrected chi connectivity index (χ0v) is 11.1. The van der Waals surface area contributed by atoms with E-state index in [1.165, 1.54) is 0 Å². The summed E-state index contributed by atoms with van der Waals surface area (Å²) in [6.07, 6.45) is 2.31. The van der Waals surface area contributed by atoms with E-state index in [2.05, 4.69) is 15.3 Å². The quantitative estimate of drug-likeness (QED) is 0.768. The minimum Gasteiger partial charge on any atom is -0.320 e. The monoisotopic (exact) mass is 262 g/mol. The number of amidine groups is 1. The number of thioether (sulfide) groups is 1. The van der Waals surface area contributed by atoms with Gasteiger partial charge in [0.05, 0.1) is 5.70 Å². The van der Waals surface area contributed by atoms with E-state index in [-0.39, 0.29) is 5.82 Å². The van der Waals surface area contributed by atoms with Gasteiger partial charge in [-0.3, -0.25) is 4.99 Å². The molecule has 0 amide bonds. The predicted molar refractivity (Wildman–Crippen MR) is 74.9 cm³/mol. The van der Waals surface area contributed by atoms with Crippen LogP contribution < -0.4 is 0 Å². The highest BCUT2D eigenvalue weighted by Gasteiger charge is 2.25. The first-order chi connectivity index (χ1) is 8.75. The maximum atomic E-state index is 13.3. The minimum absolute atomic E-state index is 0.144. The molecule has 0 aromatic heterocycles. The van der Waals surface area contributed by atoms with E-state index in [0.717, 1.165) is 42.4 Å². The number of nitrogens with zero attached hydrogens (tertiary/aromatic N) is 2. The van der Waals surface area contributed by atoms with Crippen LogP contribution in [0.2, 0.25) is 0 Å². The fraction of sp³-hybridized carbons (Fsp3) is 0.357. The van der Waals surface area contributed by atoms with Gasteiger partial charge in [-0.05, 0) is 49.1 Å². The lowest BCUT2D eigenvalue weighted by molar-refractivity contribution is 0.571. The number of benzene rings is 1. The zero-order valence-electron chi connectivity index (χ0n) is 10.3. The van der Waals surface area contributed by atoms with Crippen LogP contribution in [-0.4, -0.2) is 23.2 Å². The van der Waals surface area contributed by atoms with Crippen molar-refractivity contribution in [1.29, 1.82) is 0 Å². The Kier molecular flexibility index (Phi) is 3.12. The molecule has 0 saturated carbocycles. The zero-order chi connectivity index (χ0) is 12.5. The van der Waals surface area contributed by atoms with Crippen molar-refractivity contribution in [2.75, 3.05) is 13.1 Å². The summed E-state index contributed by atoms with van der Waals surface area (Å²) in [7, 11) is 0. The van der Waals surface area contributed by atoms with Gasteiger partial charge in [0.25, 0.3) is 0 Å². The van der Waals surface area contributed by atoms with E-state index in [0.29, 0.717) is 5.56 Å². The Bertz CT molecular complexity index is 537. The van der Waals surface area contributed by atoms with Crippen LogP contribution >= 0.6 is 11.8 Å². The molecule has 0 fully saturated rings. The summed E-state index contributed by atoms with van der Waals surface area (Å²) in [5.74, 6) is -0.144. The Hall–Kier alpha value is -1.29. The highest BCUT2D eigenvalue weighted by Crippen LogP contribution is 2.35. The molecule has 2 aliphatic rings. The predicted octanol–water partition coefficient (Wildman–Crippen LogP) is 3.63. The first-order valence-corrected chi connectivity index (χ1v) is 7.09. The Morgan fingerprint density at radius 3 is 3.06 bits per heavy atom. The average molecular weight is 262 g/mol. The second kappa shape index (κ2) is 4.76. The lowest BCUT2D eigenvalue weighted by Crippen LogP contribution is -2.23. The number of rotatable bonds is 1. The molecule has 2 aliphatic heterocycles. The fourth-order valence-electron chi connectivity index (χ4n) is 2.26. The summed E-state index contributed by atoms with van der Waals surface area (Å²) in [5, 5.41) is 3.21. The second-order valence-corrected chi connectivity index (χ2v) is 5.44. The molecule has 1 aromatic rings. The molecule has 94 valence electrons. The lowest BCUT2D eigenvalue weighted by atomic mass is 10.1. The van der Waals surface area contributed by atoms with Crippen molar-refractivity contribution in [3.8, 4) is 0 Å². The third kappa shape index (κ3) is 2.05. The van der Waals surface area contributed by atoms with Crippen molar-refractivity contribution in [3.05, 3.63) is 40.6 Å². The van der Waals surface area contributed by atoms with Gasteiger partial charge in [-0.1, -0.05) is 11.8 Å². The van der Waals surface area contributed by atoms with E-state index < -0.39 is 0 Å². The average Bonchev–Trinajstić information content (AvgIpc) is 2.62. The molecule has 0 atom stereocenters. The molecule has 2 heterocycles. The van der Waals surface area contributed by atoms with Crippen LogP contribution in [0.5, 0.6) is 0 Å². The van der Waals surface area contributed by atoms with Crippen molar-refractivity contribution < 1.29 is 4.39 Å². The van der Waals surface area contributed by atoms with Gasteiger partial charge >= 0.3 is 0 Å². The summed E-state index contributed by atoms with van der Waals surface area (Å²) in [6.45, 7) is 3.73. The van der Waals surface area contributed by atoms with Crippen LogP contribution in [0.4, 0.5) is 4.39 Å². The second-order valence-electron chi connectivity index (χ2n) is 4.61. The molecular weight excluding hydrogens is 247 g/mol. The van der Waals surface area contributed by atoms with Crippen molar-refractivity contribution in [2.24, 2.45) is 4.99 Å². The first kappa shape index (κ1) is 11.8. The third-order valence-electron chi connectivity index (χ3n) is 3.29. The molecule has 1 aromatic carbocycles. The molecule has 4 heteroatoms. The van der Waals surface area contributed by atoms with Gasteiger partial charge in [-0.2, -0.15) is 0 Å². The van der Waals surface area contributed by atoms with Gasteiger partial charge in [-0.25, -0.2) is 4.39 Å². The van der Waals surface area contributed by atoms with Crippen molar-refractivity contribution in [1.82, 2.24) is 4.90 Å². The van der Waals surface area contributed by atoms with Gasteiger partial charge in [0.1, 0.15) is 5.82 Å². The molecule has 3 rings (SSSR count). The van der Waals surface area contributed by atoms with Crippen molar-refractivity contribution in [3.63, 3.8) is 0 Å². The normalized spacial score (nSPS) is 19.1. The van der Waals surface area contributed by atoms with E-state index in [1.807, 2.05) is 12.1 Å². The van der Waals surface area contributed by atoms with Gasteiger partial charge in [-0.15, -0.1) is 0 Å². The van der Waals surface area contributed by atoms with E-state index in [1.54, 1.807) is 24.8 Å². The highest BCUT2D eigenvalue weighted by atomic mass is 32.2. The molecule has 0 radical (unpaired) electrons. The van der Waals surface area contributed by atoms with Crippen LogP contribution in [0.15, 0.2) is 28.6 Å². The first-order valence-electron chi connectivity index (χ1n) is 6.21. The summed E-state index contributed by atoms with van der Waals surface area (Å²) < 4.78 is 13.3. The van der Waals surface area contributed by atoms with Gasteiger partial charge in [0.15, 0.2) is 5.17 Å². The molecule has 0 aliphatic carbocycles. The molecule has 0 saturated heterocycles. The lowest BCUT2D eigenvalue weighted by Gasteiger charge is -2.21. The number of hydrogen-bond acceptors (Lipinski definition) is 3. The van der Waals surface area contributed by atoms with Gasteiger partial charge in [0, 0.05) is 18.5 Å². The number of halogens is 1. The summed E-state index contributed by atoms with van der Waals surface area (Å²) in [4.78, 5) is 6.83. The van der Waals surface area contributed by atoms with Gasteiger partial charge in [0.2, 0.25) is 0 Å². The van der Waals surface area contributed by atoms with Crippen LogP contribution in [0.25, 0.3) is 5.70 Å². The molecule has 2 nitrogen and oxygen atoms in total. The largest absolute Gasteiger partial charge is 0.320 e. The number of aryl methyl sites for hydroxylation is 1. The SMILES string of the molecule is Cc1cc(C2=CSC3=NCCCCN23)ccc1F. The van der Waals surface area contributed by atoms with Crippen LogP contribution in [-0.2, 0) is 0 Å². The maximum Gasteiger partial charge on any atom is 0.168 e. The Labute approximate surface area is 111 Å². The Morgan fingerprint density at radius 2 is 2.22 bits per heavy atom. The summed E-state index contributed by atoms with van der Waals surface area (Å²) in [6, 6.07) is 5.31. The highest BCUT2D eigenvalue weighted by molar-refractivity contribution is 8.16. The van der Waals surface area contributed by atoms with E-state index in [4.69, 9.17) is 0 Å². The van der Waals surface area contributed by atoms with E-state index in [9.17, 15) is 4.39 Å².